The number of nitrogens with zero attached hydrogens (tertiary/aromatic N) is 1. The number of aromatic nitrogens is 1. The number of esters is 1. The average molecular weight is 549 g/mol. The molecule has 38 heavy (non-hydrogen) atoms. The summed E-state index contributed by atoms with van der Waals surface area (Å²) in [5.41, 5.74) is -0.227. The number of pyridine rings is 1. The van der Waals surface area contributed by atoms with Crippen molar-refractivity contribution < 1.29 is 32.6 Å². The topological polar surface area (TPSA) is 95.9 Å². The predicted molar refractivity (Wildman–Crippen MR) is 139 cm³/mol. The lowest BCUT2D eigenvalue weighted by Crippen LogP contribution is -2.31. The largest absolute Gasteiger partial charge is 0.495 e. The summed E-state index contributed by atoms with van der Waals surface area (Å²) in [6, 6.07) is 10.3. The zero-order valence-corrected chi connectivity index (χ0v) is 22.1. The van der Waals surface area contributed by atoms with E-state index in [0.717, 1.165) is 10.6 Å². The number of alkyl halides is 2. The second kappa shape index (κ2) is 11.6. The van der Waals surface area contributed by atoms with Crippen molar-refractivity contribution >= 4 is 29.2 Å². The molecule has 11 heteroatoms. The van der Waals surface area contributed by atoms with Gasteiger partial charge in [-0.1, -0.05) is 11.6 Å². The van der Waals surface area contributed by atoms with Crippen molar-refractivity contribution in [3.8, 4) is 22.6 Å². The molecular weight excluding hydrogens is 522 g/mol. The van der Waals surface area contributed by atoms with E-state index in [9.17, 15) is 23.2 Å². The van der Waals surface area contributed by atoms with E-state index in [2.05, 4.69) is 10.1 Å². The zero-order valence-electron chi connectivity index (χ0n) is 21.4. The number of ether oxygens (including phenoxy) is 3. The molecule has 0 fully saturated rings. The summed E-state index contributed by atoms with van der Waals surface area (Å²) in [5, 5.41) is 2.93. The number of nitrogens with one attached hydrogen (secondary N) is 1. The standard InChI is InChI=1S/C27H27ClF2N2O6/c1-15(24(34)31-18-9-6-16(7-10-18)25(35)38-27(2,3)4)32-14-22(36-5)20(13-23(32)33)19-12-17(28)8-11-21(19)37-26(29)30/h6-15,26H,1-5H3,(H,31,34). The minimum Gasteiger partial charge on any atom is -0.495 e. The third kappa shape index (κ3) is 7.10. The van der Waals surface area contributed by atoms with E-state index in [4.69, 9.17) is 21.1 Å². The molecule has 1 heterocycles. The smallest absolute Gasteiger partial charge is 0.387 e. The number of rotatable bonds is 8. The van der Waals surface area contributed by atoms with Gasteiger partial charge >= 0.3 is 12.6 Å². The van der Waals surface area contributed by atoms with Crippen LogP contribution in [-0.4, -0.2) is 35.8 Å². The van der Waals surface area contributed by atoms with Crippen molar-refractivity contribution in [3.63, 3.8) is 0 Å². The molecule has 0 aliphatic rings. The van der Waals surface area contributed by atoms with Gasteiger partial charge in [-0.25, -0.2) is 4.79 Å². The molecule has 2 aromatic carbocycles. The third-order valence-corrected chi connectivity index (χ3v) is 5.53. The Hall–Kier alpha value is -3.92. The SMILES string of the molecule is COc1cn(C(C)C(=O)Nc2ccc(C(=O)OC(C)(C)C)cc2)c(=O)cc1-c1cc(Cl)ccc1OC(F)F. The molecule has 3 rings (SSSR count). The van der Waals surface area contributed by atoms with E-state index in [-0.39, 0.29) is 27.6 Å². The first-order valence-electron chi connectivity index (χ1n) is 11.5. The van der Waals surface area contributed by atoms with Crippen LogP contribution in [0, 0.1) is 0 Å². The molecule has 0 radical (unpaired) electrons. The second-order valence-electron chi connectivity index (χ2n) is 9.26. The van der Waals surface area contributed by atoms with Gasteiger partial charge in [0.1, 0.15) is 23.1 Å². The van der Waals surface area contributed by atoms with Gasteiger partial charge < -0.3 is 19.5 Å². The highest BCUT2D eigenvalue weighted by Gasteiger charge is 2.22. The molecular formula is C27H27ClF2N2O6. The van der Waals surface area contributed by atoms with Crippen LogP contribution >= 0.6 is 11.6 Å². The molecule has 202 valence electrons. The molecule has 3 aromatic rings. The Morgan fingerprint density at radius 2 is 1.63 bits per heavy atom. The maximum absolute atomic E-state index is 13.0. The Labute approximate surface area is 223 Å². The minimum atomic E-state index is -3.09. The number of benzene rings is 2. The fourth-order valence-electron chi connectivity index (χ4n) is 3.52. The van der Waals surface area contributed by atoms with Crippen molar-refractivity contribution in [1.29, 1.82) is 0 Å². The fourth-order valence-corrected chi connectivity index (χ4v) is 3.69. The van der Waals surface area contributed by atoms with Crippen LogP contribution in [0.4, 0.5) is 14.5 Å². The molecule has 0 saturated heterocycles. The van der Waals surface area contributed by atoms with E-state index in [1.807, 2.05) is 0 Å². The molecule has 1 unspecified atom stereocenters. The van der Waals surface area contributed by atoms with Gasteiger partial charge in [-0.15, -0.1) is 0 Å². The highest BCUT2D eigenvalue weighted by Crippen LogP contribution is 2.38. The van der Waals surface area contributed by atoms with Gasteiger partial charge in [0.25, 0.3) is 5.56 Å². The van der Waals surface area contributed by atoms with Crippen LogP contribution in [0.3, 0.4) is 0 Å². The highest BCUT2D eigenvalue weighted by molar-refractivity contribution is 6.31. The summed E-state index contributed by atoms with van der Waals surface area (Å²) in [6.45, 7) is 3.69. The number of hydrogen-bond acceptors (Lipinski definition) is 6. The first-order valence-corrected chi connectivity index (χ1v) is 11.9. The van der Waals surface area contributed by atoms with Crippen LogP contribution in [0.1, 0.15) is 44.1 Å². The van der Waals surface area contributed by atoms with Gasteiger partial charge in [0.15, 0.2) is 0 Å². The van der Waals surface area contributed by atoms with Crippen LogP contribution in [0.5, 0.6) is 11.5 Å². The predicted octanol–water partition coefficient (Wildman–Crippen LogP) is 5.93. The number of halogens is 3. The number of carbonyl (C=O) groups is 2. The summed E-state index contributed by atoms with van der Waals surface area (Å²) >= 11 is 6.05. The number of anilines is 1. The summed E-state index contributed by atoms with van der Waals surface area (Å²) in [5.74, 6) is -1.08. The summed E-state index contributed by atoms with van der Waals surface area (Å²) < 4.78 is 42.3. The van der Waals surface area contributed by atoms with Crippen LogP contribution in [-0.2, 0) is 9.53 Å². The van der Waals surface area contributed by atoms with Gasteiger partial charge in [-0.3, -0.25) is 14.2 Å². The van der Waals surface area contributed by atoms with E-state index in [1.54, 1.807) is 32.9 Å². The van der Waals surface area contributed by atoms with Crippen molar-refractivity contribution in [1.82, 2.24) is 4.57 Å². The zero-order chi connectivity index (χ0) is 28.2. The van der Waals surface area contributed by atoms with Gasteiger partial charge in [-0.05, 0) is 70.2 Å². The molecule has 0 saturated carbocycles. The molecule has 0 spiro atoms. The van der Waals surface area contributed by atoms with E-state index < -0.39 is 35.7 Å². The van der Waals surface area contributed by atoms with Crippen molar-refractivity contribution in [2.45, 2.75) is 45.9 Å². The normalized spacial score (nSPS) is 12.1. The fraction of sp³-hybridized carbons (Fsp3) is 0.296. The maximum atomic E-state index is 13.0. The third-order valence-electron chi connectivity index (χ3n) is 5.30. The van der Waals surface area contributed by atoms with Crippen LogP contribution in [0.15, 0.2) is 59.5 Å². The molecule has 1 amide bonds. The number of amides is 1. The van der Waals surface area contributed by atoms with Crippen molar-refractivity contribution in [2.75, 3.05) is 12.4 Å². The Balaban J connectivity index is 1.86. The lowest BCUT2D eigenvalue weighted by molar-refractivity contribution is -0.118. The quantitative estimate of drug-likeness (QED) is 0.350. The molecule has 1 atom stereocenters. The van der Waals surface area contributed by atoms with E-state index in [1.165, 1.54) is 50.6 Å². The van der Waals surface area contributed by atoms with Crippen LogP contribution in [0.2, 0.25) is 5.02 Å². The Bertz CT molecular complexity index is 1380. The van der Waals surface area contributed by atoms with Crippen LogP contribution < -0.4 is 20.3 Å². The number of hydrogen-bond donors (Lipinski definition) is 1. The maximum Gasteiger partial charge on any atom is 0.387 e. The molecule has 1 N–H and O–H groups in total. The van der Waals surface area contributed by atoms with E-state index >= 15 is 0 Å². The lowest BCUT2D eigenvalue weighted by atomic mass is 10.0. The minimum absolute atomic E-state index is 0.126. The average Bonchev–Trinajstić information content (AvgIpc) is 2.83. The highest BCUT2D eigenvalue weighted by atomic mass is 35.5. The molecule has 8 nitrogen and oxygen atoms in total. The Morgan fingerprint density at radius 1 is 1.00 bits per heavy atom. The Morgan fingerprint density at radius 3 is 2.21 bits per heavy atom. The first-order chi connectivity index (χ1) is 17.8. The number of methoxy groups -OCH3 is 1. The molecule has 1 aromatic heterocycles. The first kappa shape index (κ1) is 28.6. The van der Waals surface area contributed by atoms with Gasteiger partial charge in [0, 0.05) is 27.9 Å². The van der Waals surface area contributed by atoms with E-state index in [0.29, 0.717) is 11.3 Å². The Kier molecular flexibility index (Phi) is 8.78. The summed E-state index contributed by atoms with van der Waals surface area (Å²) in [4.78, 5) is 38.1. The van der Waals surface area contributed by atoms with Crippen LogP contribution in [0.25, 0.3) is 11.1 Å². The molecule has 0 aliphatic carbocycles. The van der Waals surface area contributed by atoms with Crippen molar-refractivity contribution in [3.05, 3.63) is 75.7 Å². The van der Waals surface area contributed by atoms with Gasteiger partial charge in [0.2, 0.25) is 5.91 Å². The van der Waals surface area contributed by atoms with Gasteiger partial charge in [0.05, 0.1) is 18.9 Å². The summed E-state index contributed by atoms with van der Waals surface area (Å²) in [7, 11) is 1.34. The van der Waals surface area contributed by atoms with Gasteiger partial charge in [-0.2, -0.15) is 8.78 Å². The molecule has 0 aliphatic heterocycles. The monoisotopic (exact) mass is 548 g/mol. The molecule has 0 bridgehead atoms. The number of carbonyl (C=O) groups excluding carboxylic acids is 2. The van der Waals surface area contributed by atoms with Crippen molar-refractivity contribution in [2.24, 2.45) is 0 Å². The lowest BCUT2D eigenvalue weighted by Gasteiger charge is -2.20. The second-order valence-corrected chi connectivity index (χ2v) is 9.70. The summed E-state index contributed by atoms with van der Waals surface area (Å²) in [6.07, 6.45) is 1.31.